The van der Waals surface area contributed by atoms with E-state index in [2.05, 4.69) is 10.6 Å². The number of aliphatic hydroxyl groups is 1. The fourth-order valence-corrected chi connectivity index (χ4v) is 5.45. The highest BCUT2D eigenvalue weighted by atomic mass is 35.5. The molecule has 34 heavy (non-hydrogen) atoms. The molecule has 3 saturated carbocycles. The fourth-order valence-electron chi connectivity index (χ4n) is 5.18. The molecule has 2 aromatic carbocycles. The van der Waals surface area contributed by atoms with Gasteiger partial charge in [0.25, 0.3) is 11.8 Å². The van der Waals surface area contributed by atoms with Crippen molar-refractivity contribution >= 4 is 35.0 Å². The first-order valence-corrected chi connectivity index (χ1v) is 11.7. The SMILES string of the molecule is Cc1cc(OCC(=O)NC23CC(NC(=O)[C@@H]4C[C@H](O)c5cc(F)c(Cl)cc5O4)(C2)C3)ccc1Cl. The van der Waals surface area contributed by atoms with Crippen LogP contribution < -0.4 is 20.1 Å². The number of rotatable bonds is 6. The molecule has 10 heteroatoms. The minimum absolute atomic E-state index is 0.0133. The molecule has 4 aliphatic rings. The molecule has 7 nitrogen and oxygen atoms in total. The van der Waals surface area contributed by atoms with Gasteiger partial charge in [0.1, 0.15) is 17.3 Å². The Morgan fingerprint density at radius 2 is 1.85 bits per heavy atom. The van der Waals surface area contributed by atoms with Gasteiger partial charge in [0.2, 0.25) is 0 Å². The number of amides is 2. The van der Waals surface area contributed by atoms with Crippen molar-refractivity contribution < 1.29 is 28.6 Å². The molecule has 0 aromatic heterocycles. The quantitative estimate of drug-likeness (QED) is 0.553. The maximum atomic E-state index is 13.7. The van der Waals surface area contributed by atoms with Crippen molar-refractivity contribution in [2.24, 2.45) is 0 Å². The molecule has 6 rings (SSSR count). The summed E-state index contributed by atoms with van der Waals surface area (Å²) in [6, 6.07) is 7.60. The lowest BCUT2D eigenvalue weighted by atomic mass is 9.44. The number of ether oxygens (including phenoxy) is 2. The third kappa shape index (κ3) is 4.19. The van der Waals surface area contributed by atoms with E-state index in [4.69, 9.17) is 32.7 Å². The molecule has 3 N–H and O–H groups in total. The Labute approximate surface area is 205 Å². The van der Waals surface area contributed by atoms with Gasteiger partial charge in [0.15, 0.2) is 12.7 Å². The number of hydrogen-bond donors (Lipinski definition) is 3. The Bertz CT molecular complexity index is 1170. The van der Waals surface area contributed by atoms with E-state index in [1.54, 1.807) is 18.2 Å². The average Bonchev–Trinajstić information content (AvgIpc) is 2.73. The summed E-state index contributed by atoms with van der Waals surface area (Å²) in [6.07, 6.45) is -0.102. The number of carbonyl (C=O) groups excluding carboxylic acids is 2. The van der Waals surface area contributed by atoms with Crippen LogP contribution in [0.2, 0.25) is 10.0 Å². The summed E-state index contributed by atoms with van der Waals surface area (Å²) in [5, 5.41) is 16.8. The first-order valence-electron chi connectivity index (χ1n) is 10.9. The van der Waals surface area contributed by atoms with E-state index >= 15 is 0 Å². The lowest BCUT2D eigenvalue weighted by Crippen LogP contribution is -2.84. The minimum atomic E-state index is -1.03. The summed E-state index contributed by atoms with van der Waals surface area (Å²) in [5.74, 6) is -0.472. The van der Waals surface area contributed by atoms with Gasteiger partial charge in [0, 0.05) is 34.2 Å². The van der Waals surface area contributed by atoms with Gasteiger partial charge in [-0.25, -0.2) is 4.39 Å². The Morgan fingerprint density at radius 1 is 1.15 bits per heavy atom. The largest absolute Gasteiger partial charge is 0.484 e. The Kier molecular flexibility index (Phi) is 5.66. The molecule has 3 fully saturated rings. The Morgan fingerprint density at radius 3 is 2.56 bits per heavy atom. The monoisotopic (exact) mass is 508 g/mol. The van der Waals surface area contributed by atoms with Crippen LogP contribution in [0.25, 0.3) is 0 Å². The average molecular weight is 509 g/mol. The van der Waals surface area contributed by atoms with Crippen LogP contribution in [-0.4, -0.2) is 40.7 Å². The summed E-state index contributed by atoms with van der Waals surface area (Å²) in [5.41, 5.74) is 0.404. The maximum Gasteiger partial charge on any atom is 0.261 e. The molecule has 2 atom stereocenters. The number of halogens is 3. The Hall–Kier alpha value is -2.55. The zero-order chi connectivity index (χ0) is 24.3. The van der Waals surface area contributed by atoms with Gasteiger partial charge in [-0.2, -0.15) is 0 Å². The lowest BCUT2D eigenvalue weighted by molar-refractivity contribution is -0.155. The van der Waals surface area contributed by atoms with Crippen molar-refractivity contribution in [3.8, 4) is 11.5 Å². The van der Waals surface area contributed by atoms with Crippen molar-refractivity contribution in [3.05, 3.63) is 57.3 Å². The van der Waals surface area contributed by atoms with Gasteiger partial charge in [-0.05, 0) is 56.0 Å². The predicted octanol–water partition coefficient (Wildman–Crippen LogP) is 3.61. The van der Waals surface area contributed by atoms with Crippen LogP contribution in [0.5, 0.6) is 11.5 Å². The second-order valence-electron chi connectivity index (χ2n) is 9.49. The van der Waals surface area contributed by atoms with E-state index in [1.165, 1.54) is 6.07 Å². The number of carbonyl (C=O) groups is 2. The molecule has 2 amide bonds. The number of aryl methyl sites for hydroxylation is 1. The summed E-state index contributed by atoms with van der Waals surface area (Å²) in [6.45, 7) is 1.75. The summed E-state index contributed by atoms with van der Waals surface area (Å²) in [7, 11) is 0. The summed E-state index contributed by atoms with van der Waals surface area (Å²) < 4.78 is 24.9. The summed E-state index contributed by atoms with van der Waals surface area (Å²) >= 11 is 11.8. The first kappa shape index (κ1) is 23.2. The number of fused-ring (bicyclic) bond motifs is 1. The van der Waals surface area contributed by atoms with Crippen LogP contribution in [0.15, 0.2) is 30.3 Å². The molecule has 0 unspecified atom stereocenters. The molecule has 3 aliphatic carbocycles. The van der Waals surface area contributed by atoms with E-state index in [1.807, 2.05) is 6.92 Å². The molecule has 1 heterocycles. The number of hydrogen-bond acceptors (Lipinski definition) is 5. The van der Waals surface area contributed by atoms with Gasteiger partial charge in [0.05, 0.1) is 11.1 Å². The van der Waals surface area contributed by atoms with Gasteiger partial charge in [-0.3, -0.25) is 9.59 Å². The van der Waals surface area contributed by atoms with Gasteiger partial charge in [-0.1, -0.05) is 23.2 Å². The molecule has 1 aliphatic heterocycles. The van der Waals surface area contributed by atoms with E-state index in [9.17, 15) is 19.1 Å². The molecule has 0 saturated heterocycles. The third-order valence-electron chi connectivity index (χ3n) is 6.73. The standard InChI is InChI=1S/C24H23Cl2FN2O5/c1-12-4-13(2-3-15(12)25)33-8-21(31)28-23-9-24(10-23,11-23)29-22(32)20-7-18(30)14-5-17(27)16(26)6-19(14)34-20/h2-6,18,20,30H,7-11H2,1H3,(H,28,31)(H,29,32)/t18-,20-,23?,24?/m0/s1. The normalized spacial score (nSPS) is 28.5. The number of nitrogens with one attached hydrogen (secondary N) is 2. The van der Waals surface area contributed by atoms with Crippen LogP contribution in [0.4, 0.5) is 4.39 Å². The van der Waals surface area contributed by atoms with E-state index < -0.39 is 23.6 Å². The maximum absolute atomic E-state index is 13.7. The third-order valence-corrected chi connectivity index (χ3v) is 7.45. The van der Waals surface area contributed by atoms with Gasteiger partial charge in [-0.15, -0.1) is 0 Å². The van der Waals surface area contributed by atoms with Crippen LogP contribution in [-0.2, 0) is 9.59 Å². The van der Waals surface area contributed by atoms with Crippen molar-refractivity contribution in [1.82, 2.24) is 10.6 Å². The van der Waals surface area contributed by atoms with Gasteiger partial charge >= 0.3 is 0 Å². The smallest absolute Gasteiger partial charge is 0.261 e. The van der Waals surface area contributed by atoms with Crippen LogP contribution in [0, 0.1) is 12.7 Å². The topological polar surface area (TPSA) is 96.9 Å². The molecular formula is C24H23Cl2FN2O5. The van der Waals surface area contributed by atoms with Crippen molar-refractivity contribution in [3.63, 3.8) is 0 Å². The van der Waals surface area contributed by atoms with Crippen LogP contribution in [0.1, 0.15) is 42.9 Å². The first-order chi connectivity index (χ1) is 16.1. The highest BCUT2D eigenvalue weighted by molar-refractivity contribution is 6.31. The predicted molar refractivity (Wildman–Crippen MR) is 123 cm³/mol. The fraction of sp³-hybridized carbons (Fsp3) is 0.417. The zero-order valence-corrected chi connectivity index (χ0v) is 19.8. The van der Waals surface area contributed by atoms with E-state index in [0.29, 0.717) is 30.0 Å². The van der Waals surface area contributed by atoms with Crippen molar-refractivity contribution in [2.45, 2.75) is 55.9 Å². The molecule has 180 valence electrons. The van der Waals surface area contributed by atoms with Crippen molar-refractivity contribution in [2.75, 3.05) is 6.61 Å². The van der Waals surface area contributed by atoms with Crippen molar-refractivity contribution in [1.29, 1.82) is 0 Å². The minimum Gasteiger partial charge on any atom is -0.484 e. The molecular weight excluding hydrogens is 486 g/mol. The highest BCUT2D eigenvalue weighted by Gasteiger charge is 2.69. The number of benzene rings is 2. The summed E-state index contributed by atoms with van der Waals surface area (Å²) in [4.78, 5) is 25.1. The van der Waals surface area contributed by atoms with E-state index in [-0.39, 0.29) is 46.7 Å². The molecule has 0 radical (unpaired) electrons. The second kappa shape index (κ2) is 8.29. The van der Waals surface area contributed by atoms with E-state index in [0.717, 1.165) is 11.6 Å². The van der Waals surface area contributed by atoms with Crippen LogP contribution in [0.3, 0.4) is 0 Å². The number of aliphatic hydroxyl groups excluding tert-OH is 1. The molecule has 2 bridgehead atoms. The zero-order valence-electron chi connectivity index (χ0n) is 18.3. The second-order valence-corrected chi connectivity index (χ2v) is 10.3. The molecule has 0 spiro atoms. The van der Waals surface area contributed by atoms with Crippen LogP contribution >= 0.6 is 23.2 Å². The Balaban J connectivity index is 1.11. The lowest BCUT2D eigenvalue weighted by Gasteiger charge is -2.70. The van der Waals surface area contributed by atoms with Gasteiger partial charge < -0.3 is 25.2 Å². The highest BCUT2D eigenvalue weighted by Crippen LogP contribution is 2.60. The molecule has 2 aromatic rings.